The van der Waals surface area contributed by atoms with Crippen molar-refractivity contribution < 1.29 is 28.8 Å². The van der Waals surface area contributed by atoms with E-state index in [0.29, 0.717) is 36.8 Å². The van der Waals surface area contributed by atoms with Crippen molar-refractivity contribution in [3.8, 4) is 0 Å². The summed E-state index contributed by atoms with van der Waals surface area (Å²) in [6.07, 6.45) is 4.32. The number of aryl methyl sites for hydroxylation is 1. The molecule has 0 bridgehead atoms. The van der Waals surface area contributed by atoms with Gasteiger partial charge < -0.3 is 24.6 Å². The lowest BCUT2D eigenvalue weighted by Gasteiger charge is -2.33. The van der Waals surface area contributed by atoms with Crippen LogP contribution in [0, 0.1) is 0 Å². The molecule has 0 aromatic carbocycles. The predicted octanol–water partition coefficient (Wildman–Crippen LogP) is -0.132. The second-order valence-electron chi connectivity index (χ2n) is 7.85. The molecule has 2 saturated heterocycles. The highest BCUT2D eigenvalue weighted by molar-refractivity contribution is 7.17. The van der Waals surface area contributed by atoms with Crippen LogP contribution in [-0.4, -0.2) is 75.2 Å². The van der Waals surface area contributed by atoms with E-state index in [4.69, 9.17) is 9.47 Å². The molecule has 2 N–H and O–H groups in total. The zero-order chi connectivity index (χ0) is 20.4. The van der Waals surface area contributed by atoms with Crippen molar-refractivity contribution in [3.63, 3.8) is 0 Å². The molecule has 2 aliphatic heterocycles. The summed E-state index contributed by atoms with van der Waals surface area (Å²) in [5.74, 6) is -0.404. The summed E-state index contributed by atoms with van der Waals surface area (Å²) in [7, 11) is 1.37. The van der Waals surface area contributed by atoms with Gasteiger partial charge in [0.05, 0.1) is 38.9 Å². The van der Waals surface area contributed by atoms with Crippen LogP contribution in [0.2, 0.25) is 0 Å². The molecule has 3 heterocycles. The second kappa shape index (κ2) is 8.81. The van der Waals surface area contributed by atoms with Crippen LogP contribution in [0.15, 0.2) is 0 Å². The van der Waals surface area contributed by atoms with Crippen molar-refractivity contribution in [2.45, 2.75) is 38.2 Å². The van der Waals surface area contributed by atoms with Crippen LogP contribution < -0.4 is 10.2 Å². The number of amides is 2. The highest BCUT2D eigenvalue weighted by atomic mass is 32.1. The third kappa shape index (κ3) is 4.31. The van der Waals surface area contributed by atoms with E-state index in [1.807, 2.05) is 4.90 Å². The minimum Gasteiger partial charge on any atom is -0.465 e. The molecule has 0 unspecified atom stereocenters. The molecule has 0 radical (unpaired) electrons. The largest absolute Gasteiger partial charge is 0.465 e. The summed E-state index contributed by atoms with van der Waals surface area (Å²) >= 11 is 1.49. The van der Waals surface area contributed by atoms with Crippen molar-refractivity contribution in [1.29, 1.82) is 0 Å². The second-order valence-corrected chi connectivity index (χ2v) is 8.96. The fourth-order valence-corrected chi connectivity index (χ4v) is 5.70. The summed E-state index contributed by atoms with van der Waals surface area (Å²) in [6.45, 7) is 3.74. The van der Waals surface area contributed by atoms with Gasteiger partial charge >= 0.3 is 5.97 Å². The minimum atomic E-state index is -0.381. The predicted molar refractivity (Wildman–Crippen MR) is 107 cm³/mol. The highest BCUT2D eigenvalue weighted by Gasteiger charge is 2.33. The van der Waals surface area contributed by atoms with Gasteiger partial charge in [-0.2, -0.15) is 0 Å². The van der Waals surface area contributed by atoms with Crippen LogP contribution >= 0.6 is 11.3 Å². The van der Waals surface area contributed by atoms with E-state index < -0.39 is 0 Å². The lowest BCUT2D eigenvalue weighted by Crippen LogP contribution is -3.15. The minimum absolute atomic E-state index is 0.0850. The number of carbonyl (C=O) groups excluding carboxylic acids is 3. The topological polar surface area (TPSA) is 89.4 Å². The Balaban J connectivity index is 1.31. The Hall–Kier alpha value is -1.97. The number of hydrogen-bond donors (Lipinski definition) is 2. The summed E-state index contributed by atoms with van der Waals surface area (Å²) in [5.41, 5.74) is 1.56. The Morgan fingerprint density at radius 1 is 1.24 bits per heavy atom. The number of esters is 1. The number of piperazine rings is 1. The fourth-order valence-electron chi connectivity index (χ4n) is 4.40. The number of nitrogens with one attached hydrogen (secondary N) is 2. The maximum atomic E-state index is 12.6. The van der Waals surface area contributed by atoms with Crippen LogP contribution in [-0.2, 0) is 31.9 Å². The lowest BCUT2D eigenvalue weighted by molar-refractivity contribution is -0.895. The number of ether oxygens (including phenoxy) is 2. The number of nitrogens with zero attached hydrogens (tertiary/aromatic N) is 1. The number of methoxy groups -OCH3 is 1. The van der Waals surface area contributed by atoms with Gasteiger partial charge in [0.2, 0.25) is 0 Å². The first-order valence-corrected chi connectivity index (χ1v) is 11.1. The molecule has 9 heteroatoms. The van der Waals surface area contributed by atoms with Crippen LogP contribution in [0.25, 0.3) is 0 Å². The molecule has 1 atom stereocenters. The molecular weight excluding hydrogens is 394 g/mol. The third-order valence-corrected chi connectivity index (χ3v) is 7.17. The van der Waals surface area contributed by atoms with E-state index in [0.717, 1.165) is 55.7 Å². The van der Waals surface area contributed by atoms with Crippen LogP contribution in [0.5, 0.6) is 0 Å². The smallest absolute Gasteiger partial charge is 0.341 e. The highest BCUT2D eigenvalue weighted by Crippen LogP contribution is 2.39. The summed E-state index contributed by atoms with van der Waals surface area (Å²) in [6, 6.07) is 0. The van der Waals surface area contributed by atoms with E-state index in [-0.39, 0.29) is 23.9 Å². The van der Waals surface area contributed by atoms with Crippen LogP contribution in [0.3, 0.4) is 0 Å². The quantitative estimate of drug-likeness (QED) is 0.646. The molecule has 1 aromatic rings. The lowest BCUT2D eigenvalue weighted by atomic mass is 10.1. The maximum Gasteiger partial charge on any atom is 0.341 e. The monoisotopic (exact) mass is 422 g/mol. The normalized spacial score (nSPS) is 21.8. The van der Waals surface area contributed by atoms with Crippen molar-refractivity contribution in [1.82, 2.24) is 4.90 Å². The number of anilines is 1. The van der Waals surface area contributed by atoms with Crippen LogP contribution in [0.1, 0.15) is 40.1 Å². The zero-order valence-electron chi connectivity index (χ0n) is 16.8. The van der Waals surface area contributed by atoms with Gasteiger partial charge in [0, 0.05) is 11.5 Å². The van der Waals surface area contributed by atoms with Crippen molar-refractivity contribution in [2.75, 3.05) is 51.8 Å². The van der Waals surface area contributed by atoms with Gasteiger partial charge in [-0.1, -0.05) is 0 Å². The number of thiophene rings is 1. The molecule has 2 amide bonds. The molecule has 0 spiro atoms. The summed E-state index contributed by atoms with van der Waals surface area (Å²) < 4.78 is 10.4. The molecule has 3 aliphatic rings. The van der Waals surface area contributed by atoms with Gasteiger partial charge in [-0.3, -0.25) is 9.59 Å². The van der Waals surface area contributed by atoms with Gasteiger partial charge in [-0.25, -0.2) is 4.79 Å². The fraction of sp³-hybridized carbons (Fsp3) is 0.650. The Morgan fingerprint density at radius 2 is 2.03 bits per heavy atom. The zero-order valence-corrected chi connectivity index (χ0v) is 17.6. The number of hydrogen-bond acceptors (Lipinski definition) is 6. The molecule has 1 aromatic heterocycles. The molecule has 1 aliphatic carbocycles. The summed E-state index contributed by atoms with van der Waals surface area (Å²) in [5, 5.41) is 3.55. The van der Waals surface area contributed by atoms with E-state index in [9.17, 15) is 14.4 Å². The van der Waals surface area contributed by atoms with E-state index in [2.05, 4.69) is 5.32 Å². The average molecular weight is 423 g/mol. The van der Waals surface area contributed by atoms with Gasteiger partial charge in [0.25, 0.3) is 11.8 Å². The van der Waals surface area contributed by atoms with Gasteiger partial charge in [0.1, 0.15) is 11.1 Å². The Kier molecular flexibility index (Phi) is 6.17. The van der Waals surface area contributed by atoms with E-state index >= 15 is 0 Å². The standard InChI is InChI=1S/C20H27N3O5S/c1-27-20(26)17-13-4-2-6-15(13)29-18(17)21-16(24)12-22-7-9-23(10-8-22)19(25)14-5-3-11-28-14/h14H,2-12H2,1H3,(H,21,24)/p+1/t14-/m1/s1. The van der Waals surface area contributed by atoms with Gasteiger partial charge in [-0.05, 0) is 37.7 Å². The molecule has 0 saturated carbocycles. The van der Waals surface area contributed by atoms with Crippen molar-refractivity contribution in [3.05, 3.63) is 16.0 Å². The SMILES string of the molecule is COC(=O)c1c(NC(=O)C[NH+]2CCN(C(=O)[C@H]3CCCO3)CC2)sc2c1CCC2. The third-order valence-electron chi connectivity index (χ3n) is 5.96. The molecule has 4 rings (SSSR count). The first-order chi connectivity index (χ1) is 14.1. The van der Waals surface area contributed by atoms with E-state index in [1.54, 1.807) is 0 Å². The van der Waals surface area contributed by atoms with Gasteiger partial charge in [-0.15, -0.1) is 11.3 Å². The Morgan fingerprint density at radius 3 is 2.72 bits per heavy atom. The number of fused-ring (bicyclic) bond motifs is 1. The van der Waals surface area contributed by atoms with E-state index in [1.165, 1.54) is 23.3 Å². The molecular formula is C20H28N3O5S+. The number of quaternary nitrogens is 1. The average Bonchev–Trinajstić information content (AvgIpc) is 3.45. The van der Waals surface area contributed by atoms with Crippen LogP contribution in [0.4, 0.5) is 5.00 Å². The van der Waals surface area contributed by atoms with Crippen molar-refractivity contribution >= 4 is 34.1 Å². The molecule has 8 nitrogen and oxygen atoms in total. The summed E-state index contributed by atoms with van der Waals surface area (Å²) in [4.78, 5) is 41.4. The molecule has 158 valence electrons. The first kappa shape index (κ1) is 20.3. The first-order valence-electron chi connectivity index (χ1n) is 10.3. The molecule has 29 heavy (non-hydrogen) atoms. The number of rotatable bonds is 5. The number of carbonyl (C=O) groups is 3. The Labute approximate surface area is 174 Å². The van der Waals surface area contributed by atoms with Crippen molar-refractivity contribution in [2.24, 2.45) is 0 Å². The van der Waals surface area contributed by atoms with Gasteiger partial charge in [0.15, 0.2) is 6.54 Å². The maximum absolute atomic E-state index is 12.6. The molecule has 2 fully saturated rings. The Bertz CT molecular complexity index is 794.